The Balaban J connectivity index is 1.67. The van der Waals surface area contributed by atoms with E-state index in [4.69, 9.17) is 4.74 Å². The van der Waals surface area contributed by atoms with Crippen molar-refractivity contribution in [1.82, 2.24) is 16.0 Å². The first-order valence-electron chi connectivity index (χ1n) is 16.2. The molecule has 4 aromatic rings. The van der Waals surface area contributed by atoms with E-state index in [0.717, 1.165) is 16.7 Å². The highest BCUT2D eigenvalue weighted by molar-refractivity contribution is 8.00. The molecule has 0 fully saturated rings. The summed E-state index contributed by atoms with van der Waals surface area (Å²) in [5.74, 6) is -1.77. The quantitative estimate of drug-likeness (QED) is 0.0703. The zero-order valence-corrected chi connectivity index (χ0v) is 28.7. The molecule has 0 unspecified atom stereocenters. The maximum atomic E-state index is 14.0. The molecule has 0 aromatic heterocycles. The van der Waals surface area contributed by atoms with E-state index in [0.29, 0.717) is 18.4 Å². The van der Waals surface area contributed by atoms with E-state index in [-0.39, 0.29) is 23.8 Å². The van der Waals surface area contributed by atoms with E-state index in [1.807, 2.05) is 105 Å². The van der Waals surface area contributed by atoms with Crippen molar-refractivity contribution in [2.75, 3.05) is 12.9 Å². The van der Waals surface area contributed by atoms with Crippen molar-refractivity contribution in [1.29, 1.82) is 0 Å². The lowest BCUT2D eigenvalue weighted by atomic mass is 9.84. The minimum absolute atomic E-state index is 0.0577. The van der Waals surface area contributed by atoms with E-state index in [1.165, 1.54) is 31.0 Å². The Hall–Kier alpha value is -5.09. The van der Waals surface area contributed by atoms with Gasteiger partial charge in [0.2, 0.25) is 18.2 Å². The van der Waals surface area contributed by atoms with Crippen LogP contribution in [0.15, 0.2) is 115 Å². The molecule has 4 rings (SSSR count). The van der Waals surface area contributed by atoms with Gasteiger partial charge in [0, 0.05) is 12.2 Å². The van der Waals surface area contributed by atoms with Crippen molar-refractivity contribution in [3.8, 4) is 5.75 Å². The van der Waals surface area contributed by atoms with Crippen LogP contribution in [0.5, 0.6) is 5.75 Å². The average Bonchev–Trinajstić information content (AvgIpc) is 3.14. The van der Waals surface area contributed by atoms with Crippen LogP contribution in [0.4, 0.5) is 0 Å². The Kier molecular flexibility index (Phi) is 13.4. The van der Waals surface area contributed by atoms with Gasteiger partial charge in [-0.1, -0.05) is 123 Å². The van der Waals surface area contributed by atoms with Crippen LogP contribution in [-0.2, 0) is 35.1 Å². The molecule has 9 nitrogen and oxygen atoms in total. The summed E-state index contributed by atoms with van der Waals surface area (Å²) in [7, 11) is 1.26. The number of rotatable bonds is 17. The van der Waals surface area contributed by atoms with Crippen LogP contribution in [-0.4, -0.2) is 60.3 Å². The van der Waals surface area contributed by atoms with Gasteiger partial charge in [-0.25, -0.2) is 4.79 Å². The fraction of sp³-hybridized carbons (Fsp3) is 0.282. The molecular weight excluding hydrogens is 639 g/mol. The van der Waals surface area contributed by atoms with Crippen LogP contribution in [0.25, 0.3) is 0 Å². The highest BCUT2D eigenvalue weighted by Gasteiger charge is 2.39. The zero-order valence-electron chi connectivity index (χ0n) is 27.9. The van der Waals surface area contributed by atoms with E-state index < -0.39 is 40.7 Å². The highest BCUT2D eigenvalue weighted by atomic mass is 32.2. The molecule has 0 saturated carbocycles. The summed E-state index contributed by atoms with van der Waals surface area (Å²) in [5, 5.41) is 18.1. The minimum atomic E-state index is -1.11. The largest absolute Gasteiger partial charge is 0.508 e. The van der Waals surface area contributed by atoms with Crippen molar-refractivity contribution in [2.24, 2.45) is 5.92 Å². The lowest BCUT2D eigenvalue weighted by Gasteiger charge is -2.36. The van der Waals surface area contributed by atoms with E-state index in [1.54, 1.807) is 12.1 Å². The number of esters is 1. The van der Waals surface area contributed by atoms with Crippen LogP contribution in [0.2, 0.25) is 0 Å². The second-order valence-electron chi connectivity index (χ2n) is 11.8. The third-order valence-corrected chi connectivity index (χ3v) is 10.2. The molecule has 0 heterocycles. The van der Waals surface area contributed by atoms with Gasteiger partial charge in [0.05, 0.1) is 11.9 Å². The Morgan fingerprint density at radius 3 is 1.71 bits per heavy atom. The molecule has 3 amide bonds. The number of aromatic hydroxyl groups is 1. The zero-order chi connectivity index (χ0) is 35.2. The lowest BCUT2D eigenvalue weighted by molar-refractivity contribution is -0.147. The molecule has 0 bridgehead atoms. The van der Waals surface area contributed by atoms with Gasteiger partial charge in [-0.2, -0.15) is 0 Å². The average molecular weight is 682 g/mol. The number of amides is 3. The van der Waals surface area contributed by atoms with Crippen LogP contribution >= 0.6 is 11.8 Å². The fourth-order valence-electron chi connectivity index (χ4n) is 5.66. The predicted molar refractivity (Wildman–Crippen MR) is 192 cm³/mol. The standard InChI is InChI=1S/C39H43N3O6S/c1-4-27(2)35(38(47)48-3)42-36(45)33(24-28-20-22-32(44)23-21-28)41-37(46)34(40-26-43)25-49-39(29-14-8-5-9-15-29,30-16-10-6-11-17-30)31-18-12-7-13-19-31/h5-23,26-27,33-35,44H,4,24-25H2,1-3H3,(H,40,43)(H,41,46)(H,42,45)/t27-,33-,34-,35-/m0/s1. The van der Waals surface area contributed by atoms with Crippen LogP contribution in [0.1, 0.15) is 42.5 Å². The molecule has 10 heteroatoms. The number of methoxy groups -OCH3 is 1. The Morgan fingerprint density at radius 1 is 0.776 bits per heavy atom. The van der Waals surface area contributed by atoms with Gasteiger partial charge < -0.3 is 25.8 Å². The first-order valence-corrected chi connectivity index (χ1v) is 17.2. The van der Waals surface area contributed by atoms with Gasteiger partial charge in [0.1, 0.15) is 23.9 Å². The first-order chi connectivity index (χ1) is 23.7. The van der Waals surface area contributed by atoms with E-state index in [9.17, 15) is 24.3 Å². The van der Waals surface area contributed by atoms with Crippen LogP contribution in [0, 0.1) is 5.92 Å². The molecular formula is C39H43N3O6S. The number of carbonyl (C=O) groups is 4. The molecule has 256 valence electrons. The number of thioether (sulfide) groups is 1. The number of nitrogens with one attached hydrogen (secondary N) is 3. The number of benzene rings is 4. The van der Waals surface area contributed by atoms with Gasteiger partial charge in [0.25, 0.3) is 0 Å². The SMILES string of the molecule is CC[C@H](C)[C@H](NC(=O)[C@H](Cc1ccc(O)cc1)NC(=O)[C@H](CSC(c1ccccc1)(c1ccccc1)c1ccccc1)NC=O)C(=O)OC. The van der Waals surface area contributed by atoms with Gasteiger partial charge in [-0.15, -0.1) is 11.8 Å². The number of hydrogen-bond acceptors (Lipinski definition) is 7. The third kappa shape index (κ3) is 9.29. The van der Waals surface area contributed by atoms with E-state index in [2.05, 4.69) is 16.0 Å². The molecule has 0 aliphatic carbocycles. The van der Waals surface area contributed by atoms with Gasteiger partial charge in [-0.3, -0.25) is 14.4 Å². The molecule has 0 radical (unpaired) electrons. The molecule has 0 aliphatic heterocycles. The number of phenolic OH excluding ortho intramolecular Hbond substituents is 1. The highest BCUT2D eigenvalue weighted by Crippen LogP contribution is 2.48. The van der Waals surface area contributed by atoms with Crippen molar-refractivity contribution in [3.05, 3.63) is 138 Å². The van der Waals surface area contributed by atoms with Gasteiger partial charge in [-0.05, 0) is 40.3 Å². The number of carbonyl (C=O) groups excluding carboxylic acids is 4. The smallest absolute Gasteiger partial charge is 0.328 e. The summed E-state index contributed by atoms with van der Waals surface area (Å²) in [5.41, 5.74) is 3.64. The van der Waals surface area contributed by atoms with Crippen molar-refractivity contribution < 1.29 is 29.0 Å². The summed E-state index contributed by atoms with van der Waals surface area (Å²) < 4.78 is 4.20. The van der Waals surface area contributed by atoms with Gasteiger partial charge >= 0.3 is 5.97 Å². The molecule has 4 atom stereocenters. The number of phenols is 1. The Morgan fingerprint density at radius 2 is 1.27 bits per heavy atom. The first kappa shape index (κ1) is 36.7. The maximum Gasteiger partial charge on any atom is 0.328 e. The third-order valence-electron chi connectivity index (χ3n) is 8.57. The molecule has 0 spiro atoms. The summed E-state index contributed by atoms with van der Waals surface area (Å²) in [6.45, 7) is 3.73. The second kappa shape index (κ2) is 17.9. The van der Waals surface area contributed by atoms with Gasteiger partial charge in [0.15, 0.2) is 0 Å². The second-order valence-corrected chi connectivity index (χ2v) is 13.0. The Bertz CT molecular complexity index is 1560. The summed E-state index contributed by atoms with van der Waals surface area (Å²) >= 11 is 1.50. The summed E-state index contributed by atoms with van der Waals surface area (Å²) in [6.07, 6.45) is 1.14. The van der Waals surface area contributed by atoms with Crippen molar-refractivity contribution in [2.45, 2.75) is 49.6 Å². The molecule has 4 aromatic carbocycles. The molecule has 0 aliphatic rings. The topological polar surface area (TPSA) is 134 Å². The maximum absolute atomic E-state index is 14.0. The molecule has 4 N–H and O–H groups in total. The summed E-state index contributed by atoms with van der Waals surface area (Å²) in [6, 6.07) is 33.1. The fourth-order valence-corrected chi connectivity index (χ4v) is 7.23. The normalized spacial score (nSPS) is 13.6. The molecule has 49 heavy (non-hydrogen) atoms. The summed E-state index contributed by atoms with van der Waals surface area (Å²) in [4.78, 5) is 52.3. The van der Waals surface area contributed by atoms with Crippen LogP contribution < -0.4 is 16.0 Å². The van der Waals surface area contributed by atoms with Crippen LogP contribution in [0.3, 0.4) is 0 Å². The van der Waals surface area contributed by atoms with E-state index >= 15 is 0 Å². The predicted octanol–water partition coefficient (Wildman–Crippen LogP) is 4.96. The van der Waals surface area contributed by atoms with Crippen molar-refractivity contribution >= 4 is 36.0 Å². The number of ether oxygens (including phenoxy) is 1. The number of hydrogen-bond donors (Lipinski definition) is 4. The Labute approximate surface area is 291 Å². The lowest BCUT2D eigenvalue weighted by Crippen LogP contribution is -2.57. The monoisotopic (exact) mass is 681 g/mol. The van der Waals surface area contributed by atoms with Crippen molar-refractivity contribution in [3.63, 3.8) is 0 Å². The molecule has 0 saturated heterocycles. The minimum Gasteiger partial charge on any atom is -0.508 e.